The van der Waals surface area contributed by atoms with Gasteiger partial charge in [0.25, 0.3) is 0 Å². The van der Waals surface area contributed by atoms with Crippen LogP contribution < -0.4 is 5.32 Å². The maximum atomic E-state index is 13.0. The minimum Gasteiger partial charge on any atom is -0.308 e. The fourth-order valence-electron chi connectivity index (χ4n) is 1.90. The van der Waals surface area contributed by atoms with E-state index in [1.807, 2.05) is 0 Å². The van der Waals surface area contributed by atoms with Crippen LogP contribution in [0, 0.1) is 5.82 Å². The van der Waals surface area contributed by atoms with Gasteiger partial charge in [-0.05, 0) is 38.0 Å². The van der Waals surface area contributed by atoms with Gasteiger partial charge in [-0.25, -0.2) is 4.39 Å². The molecule has 0 aromatic heterocycles. The second kappa shape index (κ2) is 6.97. The molecule has 1 rings (SSSR count). The molecule has 0 spiro atoms. The number of hydrogen-bond acceptors (Lipinski definition) is 1. The molecule has 0 fully saturated rings. The van der Waals surface area contributed by atoms with E-state index in [0.29, 0.717) is 6.04 Å². The number of hydrogen-bond donors (Lipinski definition) is 1. The molecule has 0 saturated heterocycles. The summed E-state index contributed by atoms with van der Waals surface area (Å²) < 4.78 is 13.0. The van der Waals surface area contributed by atoms with Crippen LogP contribution in [-0.4, -0.2) is 6.04 Å². The van der Waals surface area contributed by atoms with Crippen LogP contribution in [0.4, 0.5) is 4.39 Å². The Morgan fingerprint density at radius 3 is 2.65 bits per heavy atom. The number of nitrogens with one attached hydrogen (secondary N) is 1. The molecule has 0 radical (unpaired) electrons. The van der Waals surface area contributed by atoms with Gasteiger partial charge in [0.2, 0.25) is 0 Å². The molecule has 1 aromatic carbocycles. The molecule has 1 nitrogen and oxygen atoms in total. The van der Waals surface area contributed by atoms with Gasteiger partial charge in [0.05, 0.1) is 5.02 Å². The Bertz CT molecular complexity index is 354. The standard InChI is InChI=1S/C14H21ClFN/c1-4-5-6-10(2)17-11(3)12-7-8-14(16)13(15)9-12/h7-11,17H,4-6H2,1-3H3. The summed E-state index contributed by atoms with van der Waals surface area (Å²) in [6.07, 6.45) is 3.60. The van der Waals surface area contributed by atoms with Crippen molar-refractivity contribution in [3.8, 4) is 0 Å². The Morgan fingerprint density at radius 2 is 2.06 bits per heavy atom. The van der Waals surface area contributed by atoms with Crippen molar-refractivity contribution in [2.75, 3.05) is 0 Å². The van der Waals surface area contributed by atoms with Crippen LogP contribution in [0.2, 0.25) is 5.02 Å². The predicted octanol–water partition coefficient (Wildman–Crippen LogP) is 4.71. The van der Waals surface area contributed by atoms with Crippen LogP contribution in [0.1, 0.15) is 51.6 Å². The smallest absolute Gasteiger partial charge is 0.141 e. The zero-order valence-corrected chi connectivity index (χ0v) is 11.5. The lowest BCUT2D eigenvalue weighted by atomic mass is 10.1. The first-order valence-corrected chi connectivity index (χ1v) is 6.63. The Morgan fingerprint density at radius 1 is 1.35 bits per heavy atom. The summed E-state index contributed by atoms with van der Waals surface area (Å²) in [5.41, 5.74) is 1.03. The van der Waals surface area contributed by atoms with Gasteiger partial charge in [-0.2, -0.15) is 0 Å². The quantitative estimate of drug-likeness (QED) is 0.778. The van der Waals surface area contributed by atoms with Crippen LogP contribution in [0.25, 0.3) is 0 Å². The fourth-order valence-corrected chi connectivity index (χ4v) is 2.09. The molecule has 0 aliphatic heterocycles. The van der Waals surface area contributed by atoms with Crippen molar-refractivity contribution in [2.24, 2.45) is 0 Å². The van der Waals surface area contributed by atoms with Crippen molar-refractivity contribution in [3.63, 3.8) is 0 Å². The number of unbranched alkanes of at least 4 members (excludes halogenated alkanes) is 1. The molecule has 1 N–H and O–H groups in total. The first-order chi connectivity index (χ1) is 8.04. The summed E-state index contributed by atoms with van der Waals surface area (Å²) in [4.78, 5) is 0. The van der Waals surface area contributed by atoms with Gasteiger partial charge in [-0.1, -0.05) is 37.4 Å². The number of benzene rings is 1. The van der Waals surface area contributed by atoms with E-state index in [2.05, 4.69) is 26.1 Å². The maximum Gasteiger partial charge on any atom is 0.141 e. The first kappa shape index (κ1) is 14.5. The molecule has 3 heteroatoms. The third-order valence-corrected chi connectivity index (χ3v) is 3.26. The van der Waals surface area contributed by atoms with Crippen LogP contribution in [0.15, 0.2) is 18.2 Å². The van der Waals surface area contributed by atoms with Crippen molar-refractivity contribution in [1.29, 1.82) is 0 Å². The van der Waals surface area contributed by atoms with E-state index in [-0.39, 0.29) is 16.9 Å². The lowest BCUT2D eigenvalue weighted by molar-refractivity contribution is 0.444. The van der Waals surface area contributed by atoms with Crippen molar-refractivity contribution in [2.45, 2.75) is 52.1 Å². The van der Waals surface area contributed by atoms with E-state index >= 15 is 0 Å². The van der Waals surface area contributed by atoms with Crippen LogP contribution in [-0.2, 0) is 0 Å². The Labute approximate surface area is 108 Å². The zero-order valence-electron chi connectivity index (χ0n) is 10.8. The summed E-state index contributed by atoms with van der Waals surface area (Å²) in [7, 11) is 0. The van der Waals surface area contributed by atoms with Gasteiger partial charge < -0.3 is 5.32 Å². The molecule has 2 unspecified atom stereocenters. The highest BCUT2D eigenvalue weighted by atomic mass is 35.5. The molecule has 0 heterocycles. The average Bonchev–Trinajstić information content (AvgIpc) is 2.30. The van der Waals surface area contributed by atoms with Crippen molar-refractivity contribution >= 4 is 11.6 Å². The summed E-state index contributed by atoms with van der Waals surface area (Å²) in [5.74, 6) is -0.360. The number of rotatable bonds is 6. The van der Waals surface area contributed by atoms with E-state index in [1.165, 1.54) is 18.9 Å². The SMILES string of the molecule is CCCCC(C)NC(C)c1ccc(F)c(Cl)c1. The predicted molar refractivity (Wildman–Crippen MR) is 71.9 cm³/mol. The van der Waals surface area contributed by atoms with Gasteiger partial charge in [0, 0.05) is 12.1 Å². The van der Waals surface area contributed by atoms with Crippen LogP contribution >= 0.6 is 11.6 Å². The van der Waals surface area contributed by atoms with E-state index in [0.717, 1.165) is 12.0 Å². The molecule has 2 atom stereocenters. The third-order valence-electron chi connectivity index (χ3n) is 2.97. The average molecular weight is 258 g/mol. The Kier molecular flexibility index (Phi) is 5.93. The normalized spacial score (nSPS) is 14.6. The lowest BCUT2D eigenvalue weighted by Crippen LogP contribution is -2.28. The van der Waals surface area contributed by atoms with Gasteiger partial charge in [-0.3, -0.25) is 0 Å². The lowest BCUT2D eigenvalue weighted by Gasteiger charge is -2.20. The molecule has 0 aliphatic carbocycles. The fraction of sp³-hybridized carbons (Fsp3) is 0.571. The summed E-state index contributed by atoms with van der Waals surface area (Å²) in [6.45, 7) is 6.44. The largest absolute Gasteiger partial charge is 0.308 e. The third kappa shape index (κ3) is 4.64. The monoisotopic (exact) mass is 257 g/mol. The molecule has 0 bridgehead atoms. The first-order valence-electron chi connectivity index (χ1n) is 6.25. The van der Waals surface area contributed by atoms with Crippen molar-refractivity contribution in [1.82, 2.24) is 5.32 Å². The molecule has 0 saturated carbocycles. The highest BCUT2D eigenvalue weighted by Gasteiger charge is 2.10. The molecule has 96 valence electrons. The minimum atomic E-state index is -0.360. The van der Waals surface area contributed by atoms with Crippen LogP contribution in [0.5, 0.6) is 0 Å². The van der Waals surface area contributed by atoms with Crippen molar-refractivity contribution < 1.29 is 4.39 Å². The van der Waals surface area contributed by atoms with Gasteiger partial charge in [0.1, 0.15) is 5.82 Å². The highest BCUT2D eigenvalue weighted by Crippen LogP contribution is 2.21. The van der Waals surface area contributed by atoms with Gasteiger partial charge in [0.15, 0.2) is 0 Å². The second-order valence-corrected chi connectivity index (χ2v) is 5.01. The van der Waals surface area contributed by atoms with Crippen molar-refractivity contribution in [3.05, 3.63) is 34.6 Å². The van der Waals surface area contributed by atoms with E-state index in [1.54, 1.807) is 12.1 Å². The summed E-state index contributed by atoms with van der Waals surface area (Å²) in [5, 5.41) is 3.69. The van der Waals surface area contributed by atoms with E-state index < -0.39 is 0 Å². The summed E-state index contributed by atoms with van der Waals surface area (Å²) >= 11 is 5.78. The molecule has 0 aliphatic rings. The van der Waals surface area contributed by atoms with E-state index in [4.69, 9.17) is 11.6 Å². The zero-order chi connectivity index (χ0) is 12.8. The Balaban J connectivity index is 2.57. The topological polar surface area (TPSA) is 12.0 Å². The van der Waals surface area contributed by atoms with Gasteiger partial charge in [-0.15, -0.1) is 0 Å². The molecule has 17 heavy (non-hydrogen) atoms. The van der Waals surface area contributed by atoms with Gasteiger partial charge >= 0.3 is 0 Å². The maximum absolute atomic E-state index is 13.0. The summed E-state index contributed by atoms with van der Waals surface area (Å²) in [6, 6.07) is 5.56. The molecular formula is C14H21ClFN. The highest BCUT2D eigenvalue weighted by molar-refractivity contribution is 6.30. The molecule has 1 aromatic rings. The second-order valence-electron chi connectivity index (χ2n) is 4.61. The number of halogens is 2. The minimum absolute atomic E-state index is 0.192. The van der Waals surface area contributed by atoms with Crippen LogP contribution in [0.3, 0.4) is 0 Å². The molecular weight excluding hydrogens is 237 g/mol. The Hall–Kier alpha value is -0.600. The van der Waals surface area contributed by atoms with E-state index in [9.17, 15) is 4.39 Å². The molecule has 0 amide bonds.